The van der Waals surface area contributed by atoms with E-state index in [1.54, 1.807) is 0 Å². The molecule has 1 unspecified atom stereocenters. The SMILES string of the molecule is Cc1ccc(C)c2[nH]c(C(=O)NC3CCN(C)C3)cc12. The van der Waals surface area contributed by atoms with Gasteiger partial charge in [-0.25, -0.2) is 0 Å². The topological polar surface area (TPSA) is 48.1 Å². The number of aromatic nitrogens is 1. The summed E-state index contributed by atoms with van der Waals surface area (Å²) in [6, 6.07) is 6.41. The average Bonchev–Trinajstić information content (AvgIpc) is 3.01. The lowest BCUT2D eigenvalue weighted by molar-refractivity contribution is 0.0934. The highest BCUT2D eigenvalue weighted by molar-refractivity contribution is 5.99. The number of H-pyrrole nitrogens is 1. The van der Waals surface area contributed by atoms with Crippen LogP contribution in [0.25, 0.3) is 10.9 Å². The summed E-state index contributed by atoms with van der Waals surface area (Å²) in [5.74, 6) is 0.000278. The van der Waals surface area contributed by atoms with Crippen molar-refractivity contribution >= 4 is 16.8 Å². The smallest absolute Gasteiger partial charge is 0.267 e. The summed E-state index contributed by atoms with van der Waals surface area (Å²) in [6.07, 6.45) is 1.03. The Kier molecular flexibility index (Phi) is 3.26. The largest absolute Gasteiger partial charge is 0.350 e. The quantitative estimate of drug-likeness (QED) is 0.880. The number of nitrogens with one attached hydrogen (secondary N) is 2. The fourth-order valence-electron chi connectivity index (χ4n) is 2.94. The van der Waals surface area contributed by atoms with Crippen LogP contribution in [-0.2, 0) is 0 Å². The van der Waals surface area contributed by atoms with Crippen molar-refractivity contribution < 1.29 is 4.79 Å². The summed E-state index contributed by atoms with van der Waals surface area (Å²) >= 11 is 0. The van der Waals surface area contributed by atoms with Crippen LogP contribution in [0.4, 0.5) is 0 Å². The lowest BCUT2D eigenvalue weighted by Gasteiger charge is -2.11. The zero-order chi connectivity index (χ0) is 14.3. The molecule has 4 heteroatoms. The predicted molar refractivity (Wildman–Crippen MR) is 81.1 cm³/mol. The van der Waals surface area contributed by atoms with Crippen LogP contribution in [0.1, 0.15) is 28.0 Å². The summed E-state index contributed by atoms with van der Waals surface area (Å²) in [6.45, 7) is 6.12. The van der Waals surface area contributed by atoms with Gasteiger partial charge in [0.05, 0.1) is 0 Å². The Morgan fingerprint density at radius 3 is 2.75 bits per heavy atom. The molecule has 1 aliphatic heterocycles. The van der Waals surface area contributed by atoms with Crippen LogP contribution in [0.3, 0.4) is 0 Å². The number of hydrogen-bond donors (Lipinski definition) is 2. The number of nitrogens with zero attached hydrogens (tertiary/aromatic N) is 1. The van der Waals surface area contributed by atoms with Crippen molar-refractivity contribution in [3.05, 3.63) is 35.0 Å². The molecule has 1 saturated heterocycles. The molecule has 1 atom stereocenters. The first-order valence-electron chi connectivity index (χ1n) is 7.13. The van der Waals surface area contributed by atoms with Gasteiger partial charge >= 0.3 is 0 Å². The Labute approximate surface area is 119 Å². The third-order valence-electron chi connectivity index (χ3n) is 4.19. The standard InChI is InChI=1S/C16H21N3O/c1-10-4-5-11(2)15-13(10)8-14(18-15)16(20)17-12-6-7-19(3)9-12/h4-5,8,12,18H,6-7,9H2,1-3H3,(H,17,20). The van der Waals surface area contributed by atoms with E-state index in [1.807, 2.05) is 6.07 Å². The minimum atomic E-state index is 0.000278. The molecule has 2 N–H and O–H groups in total. The maximum Gasteiger partial charge on any atom is 0.267 e. The lowest BCUT2D eigenvalue weighted by atomic mass is 10.1. The second kappa shape index (κ2) is 4.94. The third kappa shape index (κ3) is 2.31. The van der Waals surface area contributed by atoms with Crippen LogP contribution in [0, 0.1) is 13.8 Å². The van der Waals surface area contributed by atoms with Crippen LogP contribution in [0.15, 0.2) is 18.2 Å². The Hall–Kier alpha value is -1.81. The Bertz CT molecular complexity index is 620. The first-order valence-corrected chi connectivity index (χ1v) is 7.13. The Morgan fingerprint density at radius 2 is 2.10 bits per heavy atom. The number of aromatic amines is 1. The molecule has 0 bridgehead atoms. The van der Waals surface area contributed by atoms with Crippen LogP contribution in [0.5, 0.6) is 0 Å². The molecule has 20 heavy (non-hydrogen) atoms. The predicted octanol–water partition coefficient (Wildman–Crippen LogP) is 2.22. The minimum Gasteiger partial charge on any atom is -0.350 e. The van der Waals surface area contributed by atoms with E-state index < -0.39 is 0 Å². The van der Waals surface area contributed by atoms with Crippen molar-refractivity contribution in [1.29, 1.82) is 0 Å². The van der Waals surface area contributed by atoms with Gasteiger partial charge in [-0.1, -0.05) is 12.1 Å². The molecule has 1 aromatic heterocycles. The van der Waals surface area contributed by atoms with Gasteiger partial charge in [0.15, 0.2) is 0 Å². The van der Waals surface area contributed by atoms with Gasteiger partial charge in [-0.15, -0.1) is 0 Å². The van der Waals surface area contributed by atoms with Crippen molar-refractivity contribution in [2.75, 3.05) is 20.1 Å². The molecule has 2 aromatic rings. The van der Waals surface area contributed by atoms with Crippen molar-refractivity contribution in [2.24, 2.45) is 0 Å². The van der Waals surface area contributed by atoms with Gasteiger partial charge in [0, 0.05) is 23.5 Å². The lowest BCUT2D eigenvalue weighted by Crippen LogP contribution is -2.36. The molecule has 1 aliphatic rings. The average molecular weight is 271 g/mol. The molecule has 106 valence electrons. The third-order valence-corrected chi connectivity index (χ3v) is 4.19. The zero-order valence-electron chi connectivity index (χ0n) is 12.3. The molecule has 0 spiro atoms. The fraction of sp³-hybridized carbons (Fsp3) is 0.438. The summed E-state index contributed by atoms with van der Waals surface area (Å²) in [5, 5.41) is 4.25. The Morgan fingerprint density at radius 1 is 1.35 bits per heavy atom. The highest BCUT2D eigenvalue weighted by atomic mass is 16.1. The molecule has 0 aliphatic carbocycles. The number of carbonyl (C=O) groups excluding carboxylic acids is 1. The van der Waals surface area contributed by atoms with Gasteiger partial charge in [0.2, 0.25) is 0 Å². The number of rotatable bonds is 2. The van der Waals surface area contributed by atoms with E-state index in [2.05, 4.69) is 48.2 Å². The highest BCUT2D eigenvalue weighted by Crippen LogP contribution is 2.23. The molecule has 3 rings (SSSR count). The number of benzene rings is 1. The van der Waals surface area contributed by atoms with Gasteiger partial charge < -0.3 is 15.2 Å². The second-order valence-electron chi connectivity index (χ2n) is 5.89. The number of hydrogen-bond acceptors (Lipinski definition) is 2. The molecule has 0 saturated carbocycles. The highest BCUT2D eigenvalue weighted by Gasteiger charge is 2.22. The molecule has 1 amide bonds. The monoisotopic (exact) mass is 271 g/mol. The van der Waals surface area contributed by atoms with E-state index in [-0.39, 0.29) is 11.9 Å². The molecular weight excluding hydrogens is 250 g/mol. The van der Waals surface area contributed by atoms with Crippen LogP contribution >= 0.6 is 0 Å². The summed E-state index contributed by atoms with van der Waals surface area (Å²) in [5.41, 5.74) is 4.09. The van der Waals surface area contributed by atoms with E-state index >= 15 is 0 Å². The molecule has 1 aromatic carbocycles. The van der Waals surface area contributed by atoms with E-state index in [0.29, 0.717) is 5.69 Å². The van der Waals surface area contributed by atoms with Crippen molar-refractivity contribution in [3.8, 4) is 0 Å². The van der Waals surface area contributed by atoms with Gasteiger partial charge in [-0.2, -0.15) is 0 Å². The van der Waals surface area contributed by atoms with Gasteiger partial charge in [0.1, 0.15) is 5.69 Å². The van der Waals surface area contributed by atoms with Gasteiger partial charge in [-0.3, -0.25) is 4.79 Å². The van der Waals surface area contributed by atoms with E-state index in [4.69, 9.17) is 0 Å². The first kappa shape index (κ1) is 13.2. The van der Waals surface area contributed by atoms with Gasteiger partial charge in [0.25, 0.3) is 5.91 Å². The van der Waals surface area contributed by atoms with E-state index in [1.165, 1.54) is 11.1 Å². The maximum atomic E-state index is 12.3. The number of likely N-dealkylation sites (tertiary alicyclic amines) is 1. The number of carbonyl (C=O) groups is 1. The number of aryl methyl sites for hydroxylation is 2. The minimum absolute atomic E-state index is 0.000278. The molecule has 1 fully saturated rings. The fourth-order valence-corrected chi connectivity index (χ4v) is 2.94. The summed E-state index contributed by atoms with van der Waals surface area (Å²) < 4.78 is 0. The van der Waals surface area contributed by atoms with Crippen molar-refractivity contribution in [1.82, 2.24) is 15.2 Å². The molecular formula is C16H21N3O. The van der Waals surface area contributed by atoms with Gasteiger partial charge in [-0.05, 0) is 51.1 Å². The molecule has 2 heterocycles. The normalized spacial score (nSPS) is 19.6. The van der Waals surface area contributed by atoms with Crippen molar-refractivity contribution in [2.45, 2.75) is 26.3 Å². The summed E-state index contributed by atoms with van der Waals surface area (Å²) in [7, 11) is 2.09. The van der Waals surface area contributed by atoms with Crippen LogP contribution in [0.2, 0.25) is 0 Å². The Balaban J connectivity index is 1.85. The van der Waals surface area contributed by atoms with E-state index in [9.17, 15) is 4.79 Å². The maximum absolute atomic E-state index is 12.3. The molecule has 0 radical (unpaired) electrons. The van der Waals surface area contributed by atoms with E-state index in [0.717, 1.165) is 30.4 Å². The molecule has 4 nitrogen and oxygen atoms in total. The zero-order valence-corrected chi connectivity index (χ0v) is 12.3. The van der Waals surface area contributed by atoms with Crippen LogP contribution < -0.4 is 5.32 Å². The number of likely N-dealkylation sites (N-methyl/N-ethyl adjacent to an activating group) is 1. The number of amides is 1. The first-order chi connectivity index (χ1) is 9.54. The second-order valence-corrected chi connectivity index (χ2v) is 5.89. The van der Waals surface area contributed by atoms with Crippen molar-refractivity contribution in [3.63, 3.8) is 0 Å². The summed E-state index contributed by atoms with van der Waals surface area (Å²) in [4.78, 5) is 17.8. The number of fused-ring (bicyclic) bond motifs is 1. The van der Waals surface area contributed by atoms with Crippen LogP contribution in [-0.4, -0.2) is 42.0 Å².